The van der Waals surface area contributed by atoms with E-state index in [1.807, 2.05) is 0 Å². The third-order valence-electron chi connectivity index (χ3n) is 4.06. The number of halogens is 2. The lowest BCUT2D eigenvalue weighted by Gasteiger charge is -2.20. The molecule has 0 saturated carbocycles. The number of anilines is 1. The summed E-state index contributed by atoms with van der Waals surface area (Å²) in [5.41, 5.74) is 0.891. The van der Waals surface area contributed by atoms with Gasteiger partial charge in [0.1, 0.15) is 0 Å². The molecule has 0 amide bonds. The van der Waals surface area contributed by atoms with Gasteiger partial charge in [-0.15, -0.1) is 8.78 Å². The highest BCUT2D eigenvalue weighted by Gasteiger charge is 2.45. The fourth-order valence-electron chi connectivity index (χ4n) is 2.93. The second-order valence-corrected chi connectivity index (χ2v) is 7.51. The predicted molar refractivity (Wildman–Crippen MR) is 85.8 cm³/mol. The average molecular weight is 368 g/mol. The molecule has 0 radical (unpaired) electrons. The van der Waals surface area contributed by atoms with E-state index < -0.39 is 16.5 Å². The first kappa shape index (κ1) is 16.1. The zero-order valence-corrected chi connectivity index (χ0v) is 13.7. The van der Waals surface area contributed by atoms with E-state index in [0.717, 1.165) is 0 Å². The first-order valence-electron chi connectivity index (χ1n) is 7.57. The van der Waals surface area contributed by atoms with E-state index in [2.05, 4.69) is 9.47 Å². The lowest BCUT2D eigenvalue weighted by Crippen LogP contribution is -2.32. The first-order chi connectivity index (χ1) is 11.9. The Labute approximate surface area is 143 Å². The van der Waals surface area contributed by atoms with Gasteiger partial charge in [0.15, 0.2) is 11.5 Å². The zero-order chi connectivity index (χ0) is 17.7. The number of rotatable bonds is 3. The zero-order valence-electron chi connectivity index (χ0n) is 12.9. The Morgan fingerprint density at radius 3 is 2.52 bits per heavy atom. The maximum Gasteiger partial charge on any atom is 0.586 e. The van der Waals surface area contributed by atoms with Crippen LogP contribution in [0, 0.1) is 0 Å². The van der Waals surface area contributed by atoms with Crippen LogP contribution in [-0.4, -0.2) is 32.1 Å². The minimum atomic E-state index is -3.74. The summed E-state index contributed by atoms with van der Waals surface area (Å²) < 4.78 is 63.5. The predicted octanol–water partition coefficient (Wildman–Crippen LogP) is 2.58. The Kier molecular flexibility index (Phi) is 3.58. The molecule has 2 aliphatic rings. The van der Waals surface area contributed by atoms with Crippen molar-refractivity contribution in [1.29, 1.82) is 0 Å². The van der Waals surface area contributed by atoms with Crippen molar-refractivity contribution in [2.24, 2.45) is 0 Å². The van der Waals surface area contributed by atoms with Gasteiger partial charge in [0, 0.05) is 25.2 Å². The van der Waals surface area contributed by atoms with Crippen LogP contribution in [0.3, 0.4) is 0 Å². The number of ether oxygens (including phenoxy) is 2. The number of benzene rings is 2. The van der Waals surface area contributed by atoms with E-state index in [4.69, 9.17) is 0 Å². The van der Waals surface area contributed by atoms with Crippen molar-refractivity contribution in [3.8, 4) is 11.5 Å². The van der Waals surface area contributed by atoms with Crippen LogP contribution < -0.4 is 13.8 Å². The molecule has 2 aliphatic heterocycles. The fraction of sp³-hybridized carbons (Fsp3) is 0.250. The molecule has 6 nitrogen and oxygen atoms in total. The van der Waals surface area contributed by atoms with Crippen LogP contribution in [0.5, 0.6) is 11.5 Å². The average Bonchev–Trinajstić information content (AvgIpc) is 3.04. The standard InChI is InChI=1S/C16H14F2N2O4S/c17-16(18)23-14-8-4-5-12(15(14)24-16)11-19-9-10-20(25(19,21)22)13-6-2-1-3-7-13/h1-8H,9-11H2. The van der Waals surface area contributed by atoms with Gasteiger partial charge in [-0.1, -0.05) is 30.3 Å². The molecule has 0 spiro atoms. The molecule has 2 aromatic rings. The van der Waals surface area contributed by atoms with Gasteiger partial charge in [0.2, 0.25) is 0 Å². The normalized spacial score (nSPS) is 20.8. The van der Waals surface area contributed by atoms with E-state index in [0.29, 0.717) is 11.3 Å². The number of hydrogen-bond donors (Lipinski definition) is 0. The van der Waals surface area contributed by atoms with Crippen LogP contribution >= 0.6 is 0 Å². The van der Waals surface area contributed by atoms with Gasteiger partial charge in [0.05, 0.1) is 5.69 Å². The topological polar surface area (TPSA) is 59.1 Å². The maximum atomic E-state index is 13.3. The summed E-state index contributed by atoms with van der Waals surface area (Å²) in [5.74, 6) is -0.222. The summed E-state index contributed by atoms with van der Waals surface area (Å²) >= 11 is 0. The SMILES string of the molecule is O=S1(=O)N(Cc2cccc3c2OC(F)(F)O3)CCN1c1ccccc1. The number of alkyl halides is 2. The van der Waals surface area contributed by atoms with Crippen molar-refractivity contribution in [3.05, 3.63) is 54.1 Å². The molecule has 0 atom stereocenters. The molecule has 2 aromatic carbocycles. The first-order valence-corrected chi connectivity index (χ1v) is 8.97. The van der Waals surface area contributed by atoms with Gasteiger partial charge in [-0.25, -0.2) is 0 Å². The molecule has 4 rings (SSSR count). The Hall–Kier alpha value is -2.39. The summed E-state index contributed by atoms with van der Waals surface area (Å²) in [7, 11) is -3.74. The Morgan fingerprint density at radius 2 is 1.76 bits per heavy atom. The van der Waals surface area contributed by atoms with Crippen LogP contribution in [0.25, 0.3) is 0 Å². The molecular weight excluding hydrogens is 354 g/mol. The van der Waals surface area contributed by atoms with Gasteiger partial charge in [0.25, 0.3) is 0 Å². The lowest BCUT2D eigenvalue weighted by atomic mass is 10.2. The highest BCUT2D eigenvalue weighted by Crippen LogP contribution is 2.44. The monoisotopic (exact) mass is 368 g/mol. The van der Waals surface area contributed by atoms with Crippen LogP contribution in [-0.2, 0) is 16.8 Å². The number of para-hydroxylation sites is 2. The van der Waals surface area contributed by atoms with E-state index in [1.165, 1.54) is 20.7 Å². The number of hydrogen-bond acceptors (Lipinski definition) is 4. The number of fused-ring (bicyclic) bond motifs is 1. The summed E-state index contributed by atoms with van der Waals surface area (Å²) in [6, 6.07) is 13.2. The quantitative estimate of drug-likeness (QED) is 0.836. The van der Waals surface area contributed by atoms with Crippen molar-refractivity contribution in [1.82, 2.24) is 4.31 Å². The minimum Gasteiger partial charge on any atom is -0.395 e. The summed E-state index contributed by atoms with van der Waals surface area (Å²) in [6.45, 7) is 0.460. The largest absolute Gasteiger partial charge is 0.586 e. The smallest absolute Gasteiger partial charge is 0.395 e. The van der Waals surface area contributed by atoms with Crippen LogP contribution in [0.2, 0.25) is 0 Å². The molecule has 1 saturated heterocycles. The molecule has 0 bridgehead atoms. The highest BCUT2D eigenvalue weighted by molar-refractivity contribution is 7.90. The second kappa shape index (κ2) is 5.57. The van der Waals surface area contributed by atoms with Crippen LogP contribution in [0.4, 0.5) is 14.5 Å². The molecule has 0 aliphatic carbocycles. The van der Waals surface area contributed by atoms with Crippen LogP contribution in [0.15, 0.2) is 48.5 Å². The van der Waals surface area contributed by atoms with E-state index in [1.54, 1.807) is 36.4 Å². The minimum absolute atomic E-state index is 0.0751. The molecular formula is C16H14F2N2O4S. The molecule has 0 unspecified atom stereocenters. The van der Waals surface area contributed by atoms with Crippen molar-refractivity contribution < 1.29 is 26.7 Å². The second-order valence-electron chi connectivity index (χ2n) is 5.66. The van der Waals surface area contributed by atoms with E-state index in [9.17, 15) is 17.2 Å². The molecule has 9 heteroatoms. The Balaban J connectivity index is 1.61. The van der Waals surface area contributed by atoms with Crippen molar-refractivity contribution in [2.75, 3.05) is 17.4 Å². The fourth-order valence-corrected chi connectivity index (χ4v) is 4.52. The lowest BCUT2D eigenvalue weighted by molar-refractivity contribution is -0.287. The Morgan fingerprint density at radius 1 is 1.00 bits per heavy atom. The van der Waals surface area contributed by atoms with Gasteiger partial charge < -0.3 is 9.47 Å². The molecule has 1 fully saturated rings. The summed E-state index contributed by atoms with van der Waals surface area (Å²) in [6.07, 6.45) is -3.74. The van der Waals surface area contributed by atoms with Gasteiger partial charge in [-0.3, -0.25) is 4.31 Å². The van der Waals surface area contributed by atoms with Gasteiger partial charge >= 0.3 is 16.5 Å². The molecule has 132 valence electrons. The van der Waals surface area contributed by atoms with Gasteiger partial charge in [-0.2, -0.15) is 12.7 Å². The Bertz CT molecular complexity index is 906. The van der Waals surface area contributed by atoms with Crippen molar-refractivity contribution in [2.45, 2.75) is 12.8 Å². The van der Waals surface area contributed by atoms with Crippen LogP contribution in [0.1, 0.15) is 5.56 Å². The highest BCUT2D eigenvalue weighted by atomic mass is 32.2. The van der Waals surface area contributed by atoms with E-state index in [-0.39, 0.29) is 31.1 Å². The van der Waals surface area contributed by atoms with Crippen molar-refractivity contribution >= 4 is 15.9 Å². The summed E-state index contributed by atoms with van der Waals surface area (Å²) in [5, 5.41) is 0. The van der Waals surface area contributed by atoms with Crippen molar-refractivity contribution in [3.63, 3.8) is 0 Å². The molecule has 2 heterocycles. The molecule has 0 aromatic heterocycles. The molecule has 0 N–H and O–H groups in total. The molecule has 25 heavy (non-hydrogen) atoms. The van der Waals surface area contributed by atoms with E-state index >= 15 is 0 Å². The maximum absolute atomic E-state index is 13.3. The third kappa shape index (κ3) is 2.79. The third-order valence-corrected chi connectivity index (χ3v) is 5.97. The van der Waals surface area contributed by atoms with Gasteiger partial charge in [-0.05, 0) is 18.2 Å². The number of nitrogens with zero attached hydrogens (tertiary/aromatic N) is 2. The summed E-state index contributed by atoms with van der Waals surface area (Å²) in [4.78, 5) is 0.